The molecule has 11 heteroatoms. The summed E-state index contributed by atoms with van der Waals surface area (Å²) in [5.74, 6) is 0. The number of aromatic nitrogens is 2. The zero-order valence-electron chi connectivity index (χ0n) is 44.1. The summed E-state index contributed by atoms with van der Waals surface area (Å²) in [7, 11) is 0. The minimum atomic E-state index is -4.69. The number of nitrogens with zero attached hydrogens (tertiary/aromatic N) is 8. The van der Waals surface area contributed by atoms with Crippen LogP contribution in [0, 0.1) is 68.0 Å². The van der Waals surface area contributed by atoms with Crippen LogP contribution in [0.4, 0.5) is 13.2 Å². The number of fused-ring (bicyclic) bond motifs is 6. The van der Waals surface area contributed by atoms with E-state index >= 15 is 0 Å². The summed E-state index contributed by atoms with van der Waals surface area (Å²) >= 11 is 0. The Bertz CT molecular complexity index is 4930. The van der Waals surface area contributed by atoms with Gasteiger partial charge in [0, 0.05) is 32.7 Å². The van der Waals surface area contributed by atoms with Crippen molar-refractivity contribution in [3.05, 3.63) is 263 Å². The minimum Gasteiger partial charge on any atom is -0.309 e. The molecule has 2 aromatic heterocycles. The van der Waals surface area contributed by atoms with Crippen molar-refractivity contribution < 1.29 is 13.2 Å². The zero-order chi connectivity index (χ0) is 57.8. The van der Waals surface area contributed by atoms with E-state index in [1.54, 1.807) is 54.6 Å². The maximum atomic E-state index is 14.2. The molecule has 0 N–H and O–H groups in total. The standard InChI is InChI=1S/C73H37F3N8/c74-73(75,76)59-23-26-60(58(32-59)43-82)57-18-25-62(72(37-57)84-69-29-21-55(51-14-5-46(40-79)6-15-51)35-65(69)66-36-56(22-30-70(66)84)52-16-7-47(41-80)8-17-52)61-24-9-48(42-81)31-71(61)83-67-27-19-53(49-10-1-44(38-77)2-11-49)33-63(67)64-34-54(20-28-68(64)83)50-12-3-45(39-78)4-13-50/h1-37H. The second-order valence-corrected chi connectivity index (χ2v) is 20.3. The summed E-state index contributed by atoms with van der Waals surface area (Å²) in [6.07, 6.45) is -4.69. The highest BCUT2D eigenvalue weighted by atomic mass is 19.4. The predicted molar refractivity (Wildman–Crippen MR) is 321 cm³/mol. The van der Waals surface area contributed by atoms with Crippen molar-refractivity contribution >= 4 is 43.6 Å². The van der Waals surface area contributed by atoms with Gasteiger partial charge in [-0.3, -0.25) is 0 Å². The number of hydrogen-bond donors (Lipinski definition) is 0. The van der Waals surface area contributed by atoms with Gasteiger partial charge in [0.25, 0.3) is 0 Å². The highest BCUT2D eigenvalue weighted by Gasteiger charge is 2.32. The second-order valence-electron chi connectivity index (χ2n) is 20.3. The Morgan fingerprint density at radius 1 is 0.262 bits per heavy atom. The van der Waals surface area contributed by atoms with Crippen LogP contribution in [-0.2, 0) is 6.18 Å². The van der Waals surface area contributed by atoms with Crippen molar-refractivity contribution in [2.24, 2.45) is 0 Å². The van der Waals surface area contributed by atoms with E-state index in [2.05, 4.69) is 75.9 Å². The molecule has 11 aromatic carbocycles. The number of benzene rings is 11. The Kier molecular flexibility index (Phi) is 12.5. The average molecular weight is 1080 g/mol. The summed E-state index contributed by atoms with van der Waals surface area (Å²) < 4.78 is 47.0. The van der Waals surface area contributed by atoms with Crippen molar-refractivity contribution in [3.63, 3.8) is 0 Å². The van der Waals surface area contributed by atoms with E-state index in [1.807, 2.05) is 121 Å². The first-order valence-corrected chi connectivity index (χ1v) is 26.5. The monoisotopic (exact) mass is 1080 g/mol. The maximum Gasteiger partial charge on any atom is 0.416 e. The number of nitriles is 6. The third-order valence-corrected chi connectivity index (χ3v) is 15.6. The Morgan fingerprint density at radius 3 is 0.893 bits per heavy atom. The van der Waals surface area contributed by atoms with Crippen molar-refractivity contribution in [1.29, 1.82) is 31.6 Å². The van der Waals surface area contributed by atoms with Crippen LogP contribution in [0.5, 0.6) is 0 Å². The lowest BCUT2D eigenvalue weighted by Gasteiger charge is -2.20. The Morgan fingerprint density at radius 2 is 0.560 bits per heavy atom. The van der Waals surface area contributed by atoms with Crippen LogP contribution in [0.3, 0.4) is 0 Å². The first-order chi connectivity index (χ1) is 40.9. The van der Waals surface area contributed by atoms with Crippen molar-refractivity contribution in [1.82, 2.24) is 9.13 Å². The summed E-state index contributed by atoms with van der Waals surface area (Å²) in [4.78, 5) is 0. The molecule has 0 unspecified atom stereocenters. The molecule has 0 radical (unpaired) electrons. The van der Waals surface area contributed by atoms with Crippen LogP contribution in [0.1, 0.15) is 38.9 Å². The summed E-state index contributed by atoms with van der Waals surface area (Å²) in [6.45, 7) is 0. The van der Waals surface area contributed by atoms with Crippen LogP contribution in [0.15, 0.2) is 224 Å². The highest BCUT2D eigenvalue weighted by molar-refractivity contribution is 6.14. The quantitative estimate of drug-likeness (QED) is 0.148. The fourth-order valence-corrected chi connectivity index (χ4v) is 11.4. The summed E-state index contributed by atoms with van der Waals surface area (Å²) in [5, 5.41) is 63.3. The topological polar surface area (TPSA) is 153 Å². The van der Waals surface area contributed by atoms with Gasteiger partial charge in [-0.05, 0) is 183 Å². The molecule has 13 aromatic rings. The van der Waals surface area contributed by atoms with E-state index in [1.165, 1.54) is 6.07 Å². The fourth-order valence-electron chi connectivity index (χ4n) is 11.4. The van der Waals surface area contributed by atoms with Crippen molar-refractivity contribution in [2.75, 3.05) is 0 Å². The molecular formula is C73H37F3N8. The van der Waals surface area contributed by atoms with Crippen LogP contribution >= 0.6 is 0 Å². The number of alkyl halides is 3. The molecule has 84 heavy (non-hydrogen) atoms. The lowest BCUT2D eigenvalue weighted by atomic mass is 9.93. The molecule has 0 fully saturated rings. The first kappa shape index (κ1) is 51.2. The largest absolute Gasteiger partial charge is 0.416 e. The van der Waals surface area contributed by atoms with Gasteiger partial charge in [0.2, 0.25) is 0 Å². The smallest absolute Gasteiger partial charge is 0.309 e. The summed E-state index contributed by atoms with van der Waals surface area (Å²) in [6, 6.07) is 81.8. The lowest BCUT2D eigenvalue weighted by molar-refractivity contribution is -0.137. The molecule has 390 valence electrons. The first-order valence-electron chi connectivity index (χ1n) is 26.5. The molecular weight excluding hydrogens is 1050 g/mol. The van der Waals surface area contributed by atoms with Gasteiger partial charge in [-0.1, -0.05) is 97.1 Å². The van der Waals surface area contributed by atoms with Gasteiger partial charge in [-0.15, -0.1) is 0 Å². The van der Waals surface area contributed by atoms with Gasteiger partial charge in [-0.2, -0.15) is 44.7 Å². The van der Waals surface area contributed by atoms with Crippen LogP contribution in [0.2, 0.25) is 0 Å². The van der Waals surface area contributed by atoms with Gasteiger partial charge < -0.3 is 9.13 Å². The number of hydrogen-bond acceptors (Lipinski definition) is 6. The lowest BCUT2D eigenvalue weighted by Crippen LogP contribution is -2.05. The Balaban J connectivity index is 1.11. The minimum absolute atomic E-state index is 0.157. The maximum absolute atomic E-state index is 14.2. The molecule has 0 saturated heterocycles. The fraction of sp³-hybridized carbons (Fsp3) is 0.0137. The molecule has 0 atom stereocenters. The third-order valence-electron chi connectivity index (χ3n) is 15.6. The van der Waals surface area contributed by atoms with Gasteiger partial charge in [0.15, 0.2) is 0 Å². The van der Waals surface area contributed by atoms with E-state index < -0.39 is 11.7 Å². The molecule has 0 aliphatic heterocycles. The zero-order valence-corrected chi connectivity index (χ0v) is 44.1. The van der Waals surface area contributed by atoms with Gasteiger partial charge in [0.1, 0.15) is 0 Å². The molecule has 0 amide bonds. The van der Waals surface area contributed by atoms with Gasteiger partial charge >= 0.3 is 6.18 Å². The van der Waals surface area contributed by atoms with Crippen LogP contribution in [0.25, 0.3) is 122 Å². The van der Waals surface area contributed by atoms with E-state index in [0.717, 1.165) is 100 Å². The molecule has 0 saturated carbocycles. The van der Waals surface area contributed by atoms with Crippen LogP contribution in [-0.4, -0.2) is 9.13 Å². The molecule has 0 bridgehead atoms. The van der Waals surface area contributed by atoms with E-state index in [4.69, 9.17) is 0 Å². The predicted octanol–water partition coefficient (Wildman–Crippen LogP) is 18.1. The Labute approximate surface area is 479 Å². The van der Waals surface area contributed by atoms with Crippen molar-refractivity contribution in [3.8, 4) is 115 Å². The second kappa shape index (κ2) is 20.4. The molecule has 0 aliphatic rings. The molecule has 13 rings (SSSR count). The molecule has 0 spiro atoms. The SMILES string of the molecule is N#Cc1ccc(-c2ccc3c(c2)c2cc(-c4ccc(C#N)cc4)ccc2n3-c2cc(C#N)ccc2-c2ccc(-c3ccc(C(F)(F)F)cc3C#N)cc2-n2c3ccc(-c4ccc(C#N)cc4)cc3c3cc(-c4ccc(C#N)cc4)ccc32)cc1. The normalized spacial score (nSPS) is 11.2. The summed E-state index contributed by atoms with van der Waals surface area (Å²) in [5.41, 5.74) is 15.2. The average Bonchev–Trinajstić information content (AvgIpc) is 2.42. The number of halogens is 3. The van der Waals surface area contributed by atoms with E-state index in [9.17, 15) is 44.7 Å². The van der Waals surface area contributed by atoms with E-state index in [0.29, 0.717) is 61.4 Å². The van der Waals surface area contributed by atoms with Gasteiger partial charge in [-0.25, -0.2) is 0 Å². The van der Waals surface area contributed by atoms with Crippen molar-refractivity contribution in [2.45, 2.75) is 6.18 Å². The molecule has 2 heterocycles. The Hall–Kier alpha value is -12.3. The number of rotatable bonds is 8. The molecule has 0 aliphatic carbocycles. The van der Waals surface area contributed by atoms with Gasteiger partial charge in [0.05, 0.1) is 109 Å². The third kappa shape index (κ3) is 8.87. The van der Waals surface area contributed by atoms with Crippen LogP contribution < -0.4 is 0 Å². The highest BCUT2D eigenvalue weighted by Crippen LogP contribution is 2.46. The van der Waals surface area contributed by atoms with E-state index in [-0.39, 0.29) is 5.56 Å². The molecule has 8 nitrogen and oxygen atoms in total.